The van der Waals surface area contributed by atoms with Crippen LogP contribution in [0.3, 0.4) is 0 Å². The number of fused-ring (bicyclic) bond motifs is 1. The molecule has 0 aromatic carbocycles. The molecule has 0 radical (unpaired) electrons. The molecule has 1 fully saturated rings. The Kier molecular flexibility index (Phi) is 2.97. The maximum absolute atomic E-state index is 4.38. The fraction of sp³-hybridized carbons (Fsp3) is 0.692. The van der Waals surface area contributed by atoms with E-state index in [0.717, 1.165) is 50.0 Å². The molecule has 1 aromatic rings. The Balaban J connectivity index is 1.79. The number of rotatable bonds is 1. The minimum Gasteiger partial charge on any atom is -0.355 e. The van der Waals surface area contributed by atoms with Gasteiger partial charge in [0.1, 0.15) is 0 Å². The zero-order valence-corrected chi connectivity index (χ0v) is 10.4. The van der Waals surface area contributed by atoms with Crippen LogP contribution in [0.2, 0.25) is 0 Å². The van der Waals surface area contributed by atoms with Crippen molar-refractivity contribution < 1.29 is 0 Å². The number of piperidine rings is 1. The monoisotopic (exact) mass is 232 g/mol. The maximum atomic E-state index is 4.38. The third-order valence-corrected chi connectivity index (χ3v) is 3.92. The van der Waals surface area contributed by atoms with E-state index in [0.29, 0.717) is 0 Å². The third kappa shape index (κ3) is 2.27. The van der Waals surface area contributed by atoms with E-state index in [1.807, 2.05) is 0 Å². The molecule has 92 valence electrons. The molecule has 0 aliphatic carbocycles. The molecule has 17 heavy (non-hydrogen) atoms. The Morgan fingerprint density at radius 1 is 1.29 bits per heavy atom. The van der Waals surface area contributed by atoms with Gasteiger partial charge in [-0.3, -0.25) is 0 Å². The fourth-order valence-corrected chi connectivity index (χ4v) is 2.63. The molecule has 1 N–H and O–H groups in total. The van der Waals surface area contributed by atoms with Crippen LogP contribution in [-0.4, -0.2) is 29.8 Å². The summed E-state index contributed by atoms with van der Waals surface area (Å²) in [6.45, 7) is 6.54. The second kappa shape index (κ2) is 4.61. The summed E-state index contributed by atoms with van der Waals surface area (Å²) in [5, 5.41) is 12.1. The van der Waals surface area contributed by atoms with Gasteiger partial charge in [0.25, 0.3) is 0 Å². The van der Waals surface area contributed by atoms with E-state index in [4.69, 9.17) is 0 Å². The molecular formula is C13H20N4. The molecule has 0 unspecified atom stereocenters. The number of hydrogen-bond acceptors (Lipinski definition) is 4. The van der Waals surface area contributed by atoms with Crippen molar-refractivity contribution in [2.75, 3.05) is 24.5 Å². The lowest BCUT2D eigenvalue weighted by Gasteiger charge is -2.31. The number of hydrogen-bond donors (Lipinski definition) is 1. The van der Waals surface area contributed by atoms with Crippen molar-refractivity contribution in [3.05, 3.63) is 17.3 Å². The molecule has 0 atom stereocenters. The van der Waals surface area contributed by atoms with E-state index in [9.17, 15) is 0 Å². The lowest BCUT2D eigenvalue weighted by atomic mass is 9.99. The van der Waals surface area contributed by atoms with E-state index in [2.05, 4.69) is 33.4 Å². The van der Waals surface area contributed by atoms with E-state index >= 15 is 0 Å². The molecule has 0 bridgehead atoms. The van der Waals surface area contributed by atoms with Crippen LogP contribution in [0, 0.1) is 5.92 Å². The van der Waals surface area contributed by atoms with Crippen LogP contribution in [0.15, 0.2) is 6.07 Å². The summed E-state index contributed by atoms with van der Waals surface area (Å²) in [5.41, 5.74) is 2.51. The number of aromatic nitrogens is 2. The van der Waals surface area contributed by atoms with Crippen LogP contribution in [0.4, 0.5) is 5.82 Å². The Hall–Kier alpha value is -1.16. The molecule has 0 amide bonds. The standard InChI is InChI=1S/C13H20N4/c1-10-3-6-17(7-4-10)13-8-11-2-5-14-9-12(11)15-16-13/h8,10,14H,2-7,9H2,1H3. The highest BCUT2D eigenvalue weighted by atomic mass is 15.3. The van der Waals surface area contributed by atoms with Crippen molar-refractivity contribution >= 4 is 5.82 Å². The molecule has 4 heteroatoms. The van der Waals surface area contributed by atoms with Gasteiger partial charge in [0, 0.05) is 19.6 Å². The fourth-order valence-electron chi connectivity index (χ4n) is 2.63. The van der Waals surface area contributed by atoms with Gasteiger partial charge in [-0.25, -0.2) is 0 Å². The lowest BCUT2D eigenvalue weighted by molar-refractivity contribution is 0.435. The maximum Gasteiger partial charge on any atom is 0.151 e. The van der Waals surface area contributed by atoms with Crippen LogP contribution in [0.1, 0.15) is 31.0 Å². The highest BCUT2D eigenvalue weighted by Crippen LogP contribution is 2.23. The average Bonchev–Trinajstić information content (AvgIpc) is 2.39. The van der Waals surface area contributed by atoms with Crippen LogP contribution < -0.4 is 10.2 Å². The van der Waals surface area contributed by atoms with E-state index in [1.165, 1.54) is 18.4 Å². The highest BCUT2D eigenvalue weighted by molar-refractivity contribution is 5.42. The lowest BCUT2D eigenvalue weighted by Crippen LogP contribution is -2.34. The quantitative estimate of drug-likeness (QED) is 0.794. The SMILES string of the molecule is CC1CCN(c2cc3c(nn2)CNCC3)CC1. The molecule has 0 spiro atoms. The Morgan fingerprint density at radius 3 is 2.94 bits per heavy atom. The minimum atomic E-state index is 0.862. The van der Waals surface area contributed by atoms with Crippen molar-refractivity contribution in [3.8, 4) is 0 Å². The van der Waals surface area contributed by atoms with Crippen LogP contribution in [0.25, 0.3) is 0 Å². The number of nitrogens with one attached hydrogen (secondary N) is 1. The predicted octanol–water partition coefficient (Wildman–Crippen LogP) is 1.36. The zero-order chi connectivity index (χ0) is 11.7. The molecular weight excluding hydrogens is 212 g/mol. The normalized spacial score (nSPS) is 21.4. The molecule has 1 aromatic heterocycles. The Labute approximate surface area is 102 Å². The first-order valence-electron chi connectivity index (χ1n) is 6.64. The highest BCUT2D eigenvalue weighted by Gasteiger charge is 2.19. The zero-order valence-electron chi connectivity index (χ0n) is 10.4. The van der Waals surface area contributed by atoms with Gasteiger partial charge in [0.2, 0.25) is 0 Å². The molecule has 0 saturated carbocycles. The van der Waals surface area contributed by atoms with Crippen molar-refractivity contribution in [2.24, 2.45) is 5.92 Å². The van der Waals surface area contributed by atoms with Gasteiger partial charge in [0.05, 0.1) is 5.69 Å². The van der Waals surface area contributed by atoms with Crippen LogP contribution in [-0.2, 0) is 13.0 Å². The molecule has 2 aliphatic heterocycles. The second-order valence-electron chi connectivity index (χ2n) is 5.27. The van der Waals surface area contributed by atoms with Crippen molar-refractivity contribution in [1.29, 1.82) is 0 Å². The molecule has 3 rings (SSSR count). The Bertz CT molecular complexity index is 396. The second-order valence-corrected chi connectivity index (χ2v) is 5.27. The largest absolute Gasteiger partial charge is 0.355 e. The first kappa shape index (κ1) is 11.0. The number of nitrogens with zero attached hydrogens (tertiary/aromatic N) is 3. The average molecular weight is 232 g/mol. The first-order chi connectivity index (χ1) is 8.33. The molecule has 2 aliphatic rings. The summed E-state index contributed by atoms with van der Waals surface area (Å²) in [6, 6.07) is 2.25. The van der Waals surface area contributed by atoms with Gasteiger partial charge in [-0.15, -0.1) is 5.10 Å². The summed E-state index contributed by atoms with van der Waals surface area (Å²) in [6.07, 6.45) is 3.64. The predicted molar refractivity (Wildman–Crippen MR) is 68.1 cm³/mol. The summed E-state index contributed by atoms with van der Waals surface area (Å²) in [5.74, 6) is 1.94. The van der Waals surface area contributed by atoms with Crippen LogP contribution >= 0.6 is 0 Å². The summed E-state index contributed by atoms with van der Waals surface area (Å²) in [7, 11) is 0. The van der Waals surface area contributed by atoms with Gasteiger partial charge >= 0.3 is 0 Å². The van der Waals surface area contributed by atoms with Gasteiger partial charge in [-0.1, -0.05) is 6.92 Å². The number of anilines is 1. The topological polar surface area (TPSA) is 41.1 Å². The summed E-state index contributed by atoms with van der Waals surface area (Å²) in [4.78, 5) is 2.38. The van der Waals surface area contributed by atoms with Gasteiger partial charge in [-0.2, -0.15) is 5.10 Å². The van der Waals surface area contributed by atoms with Gasteiger partial charge in [0.15, 0.2) is 5.82 Å². The van der Waals surface area contributed by atoms with E-state index in [-0.39, 0.29) is 0 Å². The van der Waals surface area contributed by atoms with Crippen molar-refractivity contribution in [1.82, 2.24) is 15.5 Å². The summed E-state index contributed by atoms with van der Waals surface area (Å²) < 4.78 is 0. The van der Waals surface area contributed by atoms with Gasteiger partial charge < -0.3 is 10.2 Å². The first-order valence-corrected chi connectivity index (χ1v) is 6.64. The van der Waals surface area contributed by atoms with Crippen molar-refractivity contribution in [2.45, 2.75) is 32.7 Å². The van der Waals surface area contributed by atoms with E-state index < -0.39 is 0 Å². The van der Waals surface area contributed by atoms with Gasteiger partial charge in [-0.05, 0) is 43.4 Å². The minimum absolute atomic E-state index is 0.862. The van der Waals surface area contributed by atoms with Crippen molar-refractivity contribution in [3.63, 3.8) is 0 Å². The molecule has 1 saturated heterocycles. The van der Waals surface area contributed by atoms with E-state index in [1.54, 1.807) is 0 Å². The molecule has 4 nitrogen and oxygen atoms in total. The van der Waals surface area contributed by atoms with Crippen LogP contribution in [0.5, 0.6) is 0 Å². The Morgan fingerprint density at radius 2 is 2.12 bits per heavy atom. The third-order valence-electron chi connectivity index (χ3n) is 3.92. The molecule has 3 heterocycles. The smallest absolute Gasteiger partial charge is 0.151 e. The summed E-state index contributed by atoms with van der Waals surface area (Å²) >= 11 is 0.